The molecule has 3 rings (SSSR count). The Hall–Kier alpha value is -1.26. The van der Waals surface area contributed by atoms with Crippen molar-refractivity contribution in [2.45, 2.75) is 24.9 Å². The first kappa shape index (κ1) is 10.9. The standard InChI is InChI=1S/C13H17NO3/c1-8-6-13(15,7-14)10-5-12-11(4-9(8)10)16-2-3-17-12/h4-5,8,15H,2-3,6-7,14H2,1H3. The van der Waals surface area contributed by atoms with Crippen LogP contribution >= 0.6 is 0 Å². The van der Waals surface area contributed by atoms with Gasteiger partial charge in [0.05, 0.1) is 0 Å². The summed E-state index contributed by atoms with van der Waals surface area (Å²) in [6.07, 6.45) is 0.668. The van der Waals surface area contributed by atoms with E-state index in [-0.39, 0.29) is 6.54 Å². The van der Waals surface area contributed by atoms with E-state index in [0.29, 0.717) is 25.6 Å². The lowest BCUT2D eigenvalue weighted by Gasteiger charge is -2.24. The van der Waals surface area contributed by atoms with Gasteiger partial charge in [-0.1, -0.05) is 6.92 Å². The van der Waals surface area contributed by atoms with Crippen molar-refractivity contribution in [2.75, 3.05) is 19.8 Å². The zero-order valence-corrected chi connectivity index (χ0v) is 9.90. The topological polar surface area (TPSA) is 64.7 Å². The molecule has 4 nitrogen and oxygen atoms in total. The van der Waals surface area contributed by atoms with E-state index in [1.807, 2.05) is 12.1 Å². The summed E-state index contributed by atoms with van der Waals surface area (Å²) in [7, 11) is 0. The summed E-state index contributed by atoms with van der Waals surface area (Å²) in [6.45, 7) is 3.48. The van der Waals surface area contributed by atoms with Gasteiger partial charge in [0.25, 0.3) is 0 Å². The molecular weight excluding hydrogens is 218 g/mol. The summed E-state index contributed by atoms with van der Waals surface area (Å²) >= 11 is 0. The SMILES string of the molecule is CC1CC(O)(CN)c2cc3c(cc21)OCCO3. The lowest BCUT2D eigenvalue weighted by Crippen LogP contribution is -2.32. The van der Waals surface area contributed by atoms with E-state index in [2.05, 4.69) is 6.92 Å². The molecule has 0 saturated carbocycles. The largest absolute Gasteiger partial charge is 0.486 e. The fourth-order valence-corrected chi connectivity index (χ4v) is 2.83. The second kappa shape index (κ2) is 3.62. The number of ether oxygens (including phenoxy) is 2. The summed E-state index contributed by atoms with van der Waals surface area (Å²) < 4.78 is 11.1. The van der Waals surface area contributed by atoms with E-state index in [1.165, 1.54) is 0 Å². The lowest BCUT2D eigenvalue weighted by atomic mass is 9.95. The highest BCUT2D eigenvalue weighted by Crippen LogP contribution is 2.48. The summed E-state index contributed by atoms with van der Waals surface area (Å²) in [6, 6.07) is 3.88. The molecule has 1 aliphatic carbocycles. The molecule has 0 saturated heterocycles. The molecule has 4 heteroatoms. The van der Waals surface area contributed by atoms with Crippen LogP contribution in [0.5, 0.6) is 11.5 Å². The van der Waals surface area contributed by atoms with Crippen LogP contribution in [0.4, 0.5) is 0 Å². The van der Waals surface area contributed by atoms with E-state index >= 15 is 0 Å². The molecule has 0 fully saturated rings. The first-order valence-electron chi connectivity index (χ1n) is 6.00. The Morgan fingerprint density at radius 1 is 1.35 bits per heavy atom. The van der Waals surface area contributed by atoms with Crippen LogP contribution in [0.2, 0.25) is 0 Å². The molecular formula is C13H17NO3. The molecule has 0 spiro atoms. The molecule has 0 amide bonds. The van der Waals surface area contributed by atoms with Crippen LogP contribution in [0.1, 0.15) is 30.4 Å². The van der Waals surface area contributed by atoms with Crippen LogP contribution in [0.25, 0.3) is 0 Å². The first-order valence-corrected chi connectivity index (χ1v) is 6.00. The molecule has 1 heterocycles. The number of rotatable bonds is 1. The second-order valence-electron chi connectivity index (χ2n) is 4.92. The fraction of sp³-hybridized carbons (Fsp3) is 0.538. The van der Waals surface area contributed by atoms with Crippen LogP contribution in [0, 0.1) is 0 Å². The van der Waals surface area contributed by atoms with E-state index in [0.717, 1.165) is 22.6 Å². The molecule has 0 bridgehead atoms. The van der Waals surface area contributed by atoms with Gasteiger partial charge >= 0.3 is 0 Å². The molecule has 1 aliphatic heterocycles. The number of fused-ring (bicyclic) bond motifs is 2. The van der Waals surface area contributed by atoms with Gasteiger partial charge in [0.2, 0.25) is 0 Å². The van der Waals surface area contributed by atoms with Crippen LogP contribution in [0.15, 0.2) is 12.1 Å². The Morgan fingerprint density at radius 3 is 2.65 bits per heavy atom. The summed E-state index contributed by atoms with van der Waals surface area (Å²) in [5, 5.41) is 10.5. The van der Waals surface area contributed by atoms with E-state index in [9.17, 15) is 5.11 Å². The van der Waals surface area contributed by atoms with Crippen molar-refractivity contribution in [3.8, 4) is 11.5 Å². The number of hydrogen-bond acceptors (Lipinski definition) is 4. The molecule has 92 valence electrons. The molecule has 3 N–H and O–H groups in total. The Balaban J connectivity index is 2.14. The minimum atomic E-state index is -0.912. The maximum atomic E-state index is 10.5. The van der Waals surface area contributed by atoms with Gasteiger partial charge < -0.3 is 20.3 Å². The van der Waals surface area contributed by atoms with Crippen LogP contribution in [-0.2, 0) is 5.60 Å². The third kappa shape index (κ3) is 1.51. The third-order valence-electron chi connectivity index (χ3n) is 3.73. The highest BCUT2D eigenvalue weighted by Gasteiger charge is 2.40. The summed E-state index contributed by atoms with van der Waals surface area (Å²) in [5.74, 6) is 1.80. The van der Waals surface area contributed by atoms with Crippen molar-refractivity contribution in [3.63, 3.8) is 0 Å². The number of hydrogen-bond donors (Lipinski definition) is 2. The molecule has 17 heavy (non-hydrogen) atoms. The Kier molecular flexibility index (Phi) is 2.31. The predicted molar refractivity (Wildman–Crippen MR) is 63.4 cm³/mol. The molecule has 0 radical (unpaired) electrons. The van der Waals surface area contributed by atoms with Gasteiger partial charge in [0, 0.05) is 6.54 Å². The lowest BCUT2D eigenvalue weighted by molar-refractivity contribution is 0.0436. The van der Waals surface area contributed by atoms with Gasteiger partial charge in [-0.05, 0) is 35.6 Å². The number of benzene rings is 1. The summed E-state index contributed by atoms with van der Waals surface area (Å²) in [5.41, 5.74) is 6.81. The maximum Gasteiger partial charge on any atom is 0.161 e. The average Bonchev–Trinajstić information content (AvgIpc) is 2.60. The van der Waals surface area contributed by atoms with Gasteiger partial charge in [-0.2, -0.15) is 0 Å². The van der Waals surface area contributed by atoms with E-state index in [1.54, 1.807) is 0 Å². The van der Waals surface area contributed by atoms with Crippen molar-refractivity contribution < 1.29 is 14.6 Å². The first-order chi connectivity index (χ1) is 8.14. The molecule has 1 aromatic rings. The highest BCUT2D eigenvalue weighted by atomic mass is 16.6. The Morgan fingerprint density at radius 2 is 2.00 bits per heavy atom. The van der Waals surface area contributed by atoms with Gasteiger partial charge in [0.15, 0.2) is 11.5 Å². The summed E-state index contributed by atoms with van der Waals surface area (Å²) in [4.78, 5) is 0. The van der Waals surface area contributed by atoms with Crippen molar-refractivity contribution in [1.29, 1.82) is 0 Å². The van der Waals surface area contributed by atoms with Crippen molar-refractivity contribution in [2.24, 2.45) is 5.73 Å². The van der Waals surface area contributed by atoms with Crippen LogP contribution < -0.4 is 15.2 Å². The normalized spacial score (nSPS) is 30.2. The monoisotopic (exact) mass is 235 g/mol. The minimum absolute atomic E-state index is 0.240. The van der Waals surface area contributed by atoms with Gasteiger partial charge in [0.1, 0.15) is 18.8 Å². The fourth-order valence-electron chi connectivity index (χ4n) is 2.83. The highest BCUT2D eigenvalue weighted by molar-refractivity contribution is 5.53. The minimum Gasteiger partial charge on any atom is -0.486 e. The predicted octanol–water partition coefficient (Wildman–Crippen LogP) is 1.11. The van der Waals surface area contributed by atoms with Gasteiger partial charge in [-0.25, -0.2) is 0 Å². The van der Waals surface area contributed by atoms with Gasteiger partial charge in [-0.3, -0.25) is 0 Å². The number of nitrogens with two attached hydrogens (primary N) is 1. The Bertz CT molecular complexity index is 460. The van der Waals surface area contributed by atoms with Gasteiger partial charge in [-0.15, -0.1) is 0 Å². The van der Waals surface area contributed by atoms with E-state index < -0.39 is 5.60 Å². The van der Waals surface area contributed by atoms with Crippen molar-refractivity contribution >= 4 is 0 Å². The zero-order chi connectivity index (χ0) is 12.0. The molecule has 2 unspecified atom stereocenters. The van der Waals surface area contributed by atoms with Crippen LogP contribution in [0.3, 0.4) is 0 Å². The maximum absolute atomic E-state index is 10.5. The molecule has 2 atom stereocenters. The molecule has 2 aliphatic rings. The van der Waals surface area contributed by atoms with Crippen molar-refractivity contribution in [3.05, 3.63) is 23.3 Å². The van der Waals surface area contributed by atoms with E-state index in [4.69, 9.17) is 15.2 Å². The number of aliphatic hydroxyl groups is 1. The van der Waals surface area contributed by atoms with Crippen molar-refractivity contribution in [1.82, 2.24) is 0 Å². The molecule has 0 aromatic heterocycles. The quantitative estimate of drug-likeness (QED) is 0.765. The van der Waals surface area contributed by atoms with Crippen LogP contribution in [-0.4, -0.2) is 24.9 Å². The third-order valence-corrected chi connectivity index (χ3v) is 3.73. The molecule has 1 aromatic carbocycles. The second-order valence-corrected chi connectivity index (χ2v) is 4.92. The smallest absolute Gasteiger partial charge is 0.161 e. The average molecular weight is 235 g/mol. The zero-order valence-electron chi connectivity index (χ0n) is 9.90. The Labute approximate surface area is 100 Å².